The van der Waals surface area contributed by atoms with Crippen LogP contribution < -0.4 is 10.6 Å². The largest absolute Gasteiger partial charge is 0.352 e. The van der Waals surface area contributed by atoms with Gasteiger partial charge in [-0.1, -0.05) is 25.7 Å². The maximum Gasteiger partial charge on any atom is 0.237 e. The Balaban J connectivity index is 1.78. The van der Waals surface area contributed by atoms with Crippen molar-refractivity contribution < 1.29 is 4.79 Å². The third-order valence-electron chi connectivity index (χ3n) is 4.56. The van der Waals surface area contributed by atoms with Crippen LogP contribution in [0.1, 0.15) is 58.3 Å². The average Bonchev–Trinajstić information content (AvgIpc) is 2.92. The molecule has 1 amide bonds. The van der Waals surface area contributed by atoms with E-state index in [1.807, 2.05) is 18.7 Å². The standard InChI is InChI=1S/C15H28N2OS/c1-11(15(18)17-12-7-3-4-8-12)16-13-9-5-6-10-14(13)19-2/h11-14,16H,3-10H2,1-2H3,(H,17,18). The first-order valence-electron chi connectivity index (χ1n) is 7.80. The lowest BCUT2D eigenvalue weighted by molar-refractivity contribution is -0.123. The second-order valence-electron chi connectivity index (χ2n) is 6.04. The van der Waals surface area contributed by atoms with Gasteiger partial charge in [-0.15, -0.1) is 0 Å². The van der Waals surface area contributed by atoms with E-state index in [0.29, 0.717) is 17.3 Å². The van der Waals surface area contributed by atoms with E-state index in [4.69, 9.17) is 0 Å². The summed E-state index contributed by atoms with van der Waals surface area (Å²) in [4.78, 5) is 12.2. The van der Waals surface area contributed by atoms with Gasteiger partial charge in [-0.2, -0.15) is 11.8 Å². The summed E-state index contributed by atoms with van der Waals surface area (Å²) in [5.41, 5.74) is 0. The predicted octanol–water partition coefficient (Wildman–Crippen LogP) is 2.70. The Morgan fingerprint density at radius 3 is 2.42 bits per heavy atom. The van der Waals surface area contributed by atoms with Crippen LogP contribution in [-0.2, 0) is 4.79 Å². The second kappa shape index (κ2) is 7.53. The molecule has 0 aromatic carbocycles. The number of hydrogen-bond donors (Lipinski definition) is 2. The van der Waals surface area contributed by atoms with Crippen LogP contribution in [0, 0.1) is 0 Å². The molecule has 3 atom stereocenters. The Bertz CT molecular complexity index is 292. The van der Waals surface area contributed by atoms with E-state index < -0.39 is 0 Å². The Morgan fingerprint density at radius 1 is 1.11 bits per heavy atom. The highest BCUT2D eigenvalue weighted by atomic mass is 32.2. The molecule has 19 heavy (non-hydrogen) atoms. The van der Waals surface area contributed by atoms with Crippen molar-refractivity contribution in [2.45, 2.75) is 81.7 Å². The summed E-state index contributed by atoms with van der Waals surface area (Å²) in [6.45, 7) is 2.01. The summed E-state index contributed by atoms with van der Waals surface area (Å²) in [6.07, 6.45) is 12.2. The highest BCUT2D eigenvalue weighted by molar-refractivity contribution is 7.99. The normalized spacial score (nSPS) is 30.2. The van der Waals surface area contributed by atoms with Gasteiger partial charge in [0.25, 0.3) is 0 Å². The Hall–Kier alpha value is -0.220. The number of nitrogens with one attached hydrogen (secondary N) is 2. The van der Waals surface area contributed by atoms with Crippen molar-refractivity contribution in [1.29, 1.82) is 0 Å². The molecule has 3 unspecified atom stereocenters. The van der Waals surface area contributed by atoms with Gasteiger partial charge in [0.05, 0.1) is 6.04 Å². The van der Waals surface area contributed by atoms with Crippen LogP contribution in [0.25, 0.3) is 0 Å². The fraction of sp³-hybridized carbons (Fsp3) is 0.933. The average molecular weight is 284 g/mol. The lowest BCUT2D eigenvalue weighted by atomic mass is 9.94. The first-order chi connectivity index (χ1) is 9.20. The molecule has 110 valence electrons. The van der Waals surface area contributed by atoms with Gasteiger partial charge < -0.3 is 10.6 Å². The molecule has 0 saturated heterocycles. The van der Waals surface area contributed by atoms with Crippen LogP contribution in [0.3, 0.4) is 0 Å². The third kappa shape index (κ3) is 4.38. The van der Waals surface area contributed by atoms with Crippen molar-refractivity contribution in [3.63, 3.8) is 0 Å². The van der Waals surface area contributed by atoms with Crippen LogP contribution in [-0.4, -0.2) is 35.5 Å². The van der Waals surface area contributed by atoms with Crippen molar-refractivity contribution in [3.05, 3.63) is 0 Å². The van der Waals surface area contributed by atoms with Crippen LogP contribution in [0.2, 0.25) is 0 Å². The van der Waals surface area contributed by atoms with Crippen LogP contribution in [0.15, 0.2) is 0 Å². The van der Waals surface area contributed by atoms with Crippen molar-refractivity contribution in [1.82, 2.24) is 10.6 Å². The Morgan fingerprint density at radius 2 is 1.74 bits per heavy atom. The molecule has 2 aliphatic rings. The highest BCUT2D eigenvalue weighted by Gasteiger charge is 2.28. The number of amides is 1. The first-order valence-corrected chi connectivity index (χ1v) is 9.08. The molecule has 2 N–H and O–H groups in total. The molecule has 2 saturated carbocycles. The minimum Gasteiger partial charge on any atom is -0.352 e. The van der Waals surface area contributed by atoms with Gasteiger partial charge in [0, 0.05) is 17.3 Å². The summed E-state index contributed by atoms with van der Waals surface area (Å²) >= 11 is 1.95. The van der Waals surface area contributed by atoms with Crippen LogP contribution in [0.5, 0.6) is 0 Å². The smallest absolute Gasteiger partial charge is 0.237 e. The number of carbonyl (C=O) groups is 1. The number of carbonyl (C=O) groups excluding carboxylic acids is 1. The number of rotatable bonds is 5. The SMILES string of the molecule is CSC1CCCCC1NC(C)C(=O)NC1CCCC1. The first kappa shape index (κ1) is 15.2. The summed E-state index contributed by atoms with van der Waals surface area (Å²) in [7, 11) is 0. The van der Waals surface area contributed by atoms with Crippen LogP contribution in [0.4, 0.5) is 0 Å². The molecule has 3 nitrogen and oxygen atoms in total. The van der Waals surface area contributed by atoms with E-state index in [2.05, 4.69) is 16.9 Å². The molecule has 0 aliphatic heterocycles. The maximum absolute atomic E-state index is 12.2. The Kier molecular flexibility index (Phi) is 6.02. The molecule has 0 bridgehead atoms. The van der Waals surface area contributed by atoms with Gasteiger partial charge in [-0.25, -0.2) is 0 Å². The van der Waals surface area contributed by atoms with Gasteiger partial charge in [-0.05, 0) is 38.9 Å². The van der Waals surface area contributed by atoms with E-state index in [-0.39, 0.29) is 11.9 Å². The summed E-state index contributed by atoms with van der Waals surface area (Å²) in [6, 6.07) is 0.880. The number of thioether (sulfide) groups is 1. The molecule has 2 fully saturated rings. The lowest BCUT2D eigenvalue weighted by Gasteiger charge is -2.33. The molecule has 0 heterocycles. The quantitative estimate of drug-likeness (QED) is 0.815. The zero-order valence-electron chi connectivity index (χ0n) is 12.3. The molecule has 0 radical (unpaired) electrons. The fourth-order valence-corrected chi connectivity index (χ4v) is 4.31. The van der Waals surface area contributed by atoms with Gasteiger partial charge >= 0.3 is 0 Å². The minimum absolute atomic E-state index is 0.0571. The number of hydrogen-bond acceptors (Lipinski definition) is 3. The van der Waals surface area contributed by atoms with Gasteiger partial charge in [0.2, 0.25) is 5.91 Å². The van der Waals surface area contributed by atoms with E-state index in [1.54, 1.807) is 0 Å². The predicted molar refractivity (Wildman–Crippen MR) is 82.6 cm³/mol. The minimum atomic E-state index is -0.0571. The summed E-state index contributed by atoms with van der Waals surface area (Å²) < 4.78 is 0. The molecular formula is C15H28N2OS. The van der Waals surface area contributed by atoms with Crippen molar-refractivity contribution in [3.8, 4) is 0 Å². The summed E-state index contributed by atoms with van der Waals surface area (Å²) in [5.74, 6) is 0.192. The van der Waals surface area contributed by atoms with Crippen molar-refractivity contribution >= 4 is 17.7 Å². The second-order valence-corrected chi connectivity index (χ2v) is 7.12. The molecule has 0 spiro atoms. The van der Waals surface area contributed by atoms with Gasteiger partial charge in [-0.3, -0.25) is 4.79 Å². The monoisotopic (exact) mass is 284 g/mol. The maximum atomic E-state index is 12.2. The van der Waals surface area contributed by atoms with Crippen molar-refractivity contribution in [2.75, 3.05) is 6.26 Å². The molecule has 4 heteroatoms. The van der Waals surface area contributed by atoms with E-state index in [1.165, 1.54) is 38.5 Å². The van der Waals surface area contributed by atoms with Gasteiger partial charge in [0.1, 0.15) is 0 Å². The fourth-order valence-electron chi connectivity index (χ4n) is 3.36. The van der Waals surface area contributed by atoms with Crippen LogP contribution >= 0.6 is 11.8 Å². The summed E-state index contributed by atoms with van der Waals surface area (Å²) in [5, 5.41) is 7.43. The van der Waals surface area contributed by atoms with E-state index >= 15 is 0 Å². The highest BCUT2D eigenvalue weighted by Crippen LogP contribution is 2.27. The third-order valence-corrected chi connectivity index (χ3v) is 5.73. The molecule has 2 rings (SSSR count). The Labute approximate surface area is 121 Å². The topological polar surface area (TPSA) is 41.1 Å². The molecule has 0 aromatic heterocycles. The zero-order valence-corrected chi connectivity index (χ0v) is 13.1. The molecular weight excluding hydrogens is 256 g/mol. The zero-order chi connectivity index (χ0) is 13.7. The van der Waals surface area contributed by atoms with E-state index in [9.17, 15) is 4.79 Å². The molecule has 2 aliphatic carbocycles. The molecule has 0 aromatic rings. The lowest BCUT2D eigenvalue weighted by Crippen LogP contribution is -2.52. The van der Waals surface area contributed by atoms with Gasteiger partial charge in [0.15, 0.2) is 0 Å². The van der Waals surface area contributed by atoms with E-state index in [0.717, 1.165) is 12.8 Å². The van der Waals surface area contributed by atoms with Crippen molar-refractivity contribution in [2.24, 2.45) is 0 Å².